The minimum Gasteiger partial charge on any atom is -0.506 e. The highest BCUT2D eigenvalue weighted by Gasteiger charge is 2.44. The summed E-state index contributed by atoms with van der Waals surface area (Å²) in [6.45, 7) is 3.84. The smallest absolute Gasteiger partial charge is 0.294 e. The Morgan fingerprint density at radius 3 is 2.27 bits per heavy atom. The first-order chi connectivity index (χ1) is 15.8. The number of Topliss-reactive ketones (excluding diaryl/α,β-unsaturated/α-hetero) is 1. The molecule has 1 unspecified atom stereocenters. The zero-order valence-corrected chi connectivity index (χ0v) is 19.1. The lowest BCUT2D eigenvalue weighted by Gasteiger charge is -2.28. The highest BCUT2D eigenvalue weighted by molar-refractivity contribution is 6.32. The Morgan fingerprint density at radius 2 is 1.64 bits per heavy atom. The predicted octanol–water partition coefficient (Wildman–Crippen LogP) is 5.76. The molecule has 1 aliphatic heterocycles. The van der Waals surface area contributed by atoms with Gasteiger partial charge in [-0.15, -0.1) is 0 Å². The second kappa shape index (κ2) is 9.12. The number of amides is 1. The fourth-order valence-corrected chi connectivity index (χ4v) is 4.48. The lowest BCUT2D eigenvalue weighted by Crippen LogP contribution is -2.31. The number of aromatic hydroxyl groups is 1. The second-order valence-electron chi connectivity index (χ2n) is 8.31. The number of aliphatic hydroxyl groups excluding tert-OH is 1. The number of halogens is 1. The Balaban J connectivity index is 1.78. The molecule has 3 aromatic carbocycles. The number of benzene rings is 3. The number of phenolic OH excluding ortho intramolecular Hbond substituents is 1. The monoisotopic (exact) mass is 461 g/mol. The van der Waals surface area contributed by atoms with Gasteiger partial charge in [-0.2, -0.15) is 0 Å². The summed E-state index contributed by atoms with van der Waals surface area (Å²) in [5.41, 5.74) is 4.02. The molecular formula is C27H24ClNO4. The molecule has 2 N–H and O–H groups in total. The Bertz CT molecular complexity index is 1250. The van der Waals surface area contributed by atoms with Crippen molar-refractivity contribution in [1.82, 2.24) is 0 Å². The first kappa shape index (κ1) is 22.6. The average Bonchev–Trinajstić information content (AvgIpc) is 3.05. The van der Waals surface area contributed by atoms with E-state index in [1.165, 1.54) is 17.0 Å². The van der Waals surface area contributed by atoms with Crippen molar-refractivity contribution in [3.05, 3.63) is 105 Å². The molecule has 6 heteroatoms. The second-order valence-corrected chi connectivity index (χ2v) is 8.71. The van der Waals surface area contributed by atoms with Crippen LogP contribution in [0.4, 0.5) is 5.69 Å². The number of rotatable bonds is 6. The van der Waals surface area contributed by atoms with Gasteiger partial charge in [0, 0.05) is 12.1 Å². The van der Waals surface area contributed by atoms with Gasteiger partial charge >= 0.3 is 0 Å². The van der Waals surface area contributed by atoms with E-state index in [2.05, 4.69) is 0 Å². The summed E-state index contributed by atoms with van der Waals surface area (Å²) in [6.07, 6.45) is 0.622. The summed E-state index contributed by atoms with van der Waals surface area (Å²) >= 11 is 6.16. The van der Waals surface area contributed by atoms with Crippen molar-refractivity contribution in [1.29, 1.82) is 0 Å². The maximum atomic E-state index is 13.3. The van der Waals surface area contributed by atoms with Crippen LogP contribution in [0.3, 0.4) is 0 Å². The first-order valence-corrected chi connectivity index (χ1v) is 11.0. The molecule has 0 bridgehead atoms. The van der Waals surface area contributed by atoms with Gasteiger partial charge in [0.2, 0.25) is 0 Å². The SMILES string of the molecule is Cc1cc(C)cc(N2C(=O)C(O)=C(C(=O)CCc3ccccc3)C2c2ccc(O)c(Cl)c2)c1. The Hall–Kier alpha value is -3.57. The molecule has 0 aliphatic carbocycles. The molecule has 0 saturated heterocycles. The molecule has 168 valence electrons. The van der Waals surface area contributed by atoms with Crippen LogP contribution in [0.25, 0.3) is 0 Å². The van der Waals surface area contributed by atoms with Crippen LogP contribution in [0.2, 0.25) is 5.02 Å². The molecule has 5 nitrogen and oxygen atoms in total. The molecule has 33 heavy (non-hydrogen) atoms. The van der Waals surface area contributed by atoms with Gasteiger partial charge in [-0.05, 0) is 66.8 Å². The molecule has 3 aromatic rings. The minimum atomic E-state index is -0.861. The van der Waals surface area contributed by atoms with Crippen LogP contribution in [0.15, 0.2) is 78.1 Å². The molecule has 1 aliphatic rings. The predicted molar refractivity (Wildman–Crippen MR) is 129 cm³/mol. The maximum Gasteiger partial charge on any atom is 0.294 e. The van der Waals surface area contributed by atoms with Crippen molar-refractivity contribution >= 4 is 29.0 Å². The van der Waals surface area contributed by atoms with Crippen LogP contribution < -0.4 is 4.90 Å². The average molecular weight is 462 g/mol. The van der Waals surface area contributed by atoms with E-state index in [1.807, 2.05) is 62.4 Å². The van der Waals surface area contributed by atoms with E-state index < -0.39 is 17.7 Å². The Morgan fingerprint density at radius 1 is 0.970 bits per heavy atom. The van der Waals surface area contributed by atoms with Crippen LogP contribution >= 0.6 is 11.6 Å². The fourth-order valence-electron chi connectivity index (χ4n) is 4.29. The number of ketones is 1. The number of carbonyl (C=O) groups excluding carboxylic acids is 2. The zero-order valence-electron chi connectivity index (χ0n) is 18.4. The number of carbonyl (C=O) groups is 2. The van der Waals surface area contributed by atoms with Crippen LogP contribution in [0, 0.1) is 13.8 Å². The summed E-state index contributed by atoms with van der Waals surface area (Å²) in [5.74, 6) is -1.61. The number of aryl methyl sites for hydroxylation is 3. The van der Waals surface area contributed by atoms with Crippen LogP contribution in [0.5, 0.6) is 5.75 Å². The van der Waals surface area contributed by atoms with Crippen molar-refractivity contribution in [3.63, 3.8) is 0 Å². The molecule has 1 amide bonds. The summed E-state index contributed by atoms with van der Waals surface area (Å²) in [7, 11) is 0. The minimum absolute atomic E-state index is 0.0387. The summed E-state index contributed by atoms with van der Waals surface area (Å²) < 4.78 is 0. The lowest BCUT2D eigenvalue weighted by molar-refractivity contribution is -0.118. The lowest BCUT2D eigenvalue weighted by atomic mass is 9.93. The zero-order chi connectivity index (χ0) is 23.7. The number of hydrogen-bond donors (Lipinski definition) is 2. The third kappa shape index (κ3) is 4.50. The fraction of sp³-hybridized carbons (Fsp3) is 0.185. The van der Waals surface area contributed by atoms with Gasteiger partial charge < -0.3 is 10.2 Å². The van der Waals surface area contributed by atoms with E-state index in [4.69, 9.17) is 11.6 Å². The Labute approximate surface area is 197 Å². The van der Waals surface area contributed by atoms with E-state index in [0.29, 0.717) is 17.7 Å². The van der Waals surface area contributed by atoms with Crippen molar-refractivity contribution in [2.75, 3.05) is 4.90 Å². The first-order valence-electron chi connectivity index (χ1n) is 10.7. The largest absolute Gasteiger partial charge is 0.506 e. The molecule has 4 rings (SSSR count). The molecule has 0 radical (unpaired) electrons. The van der Waals surface area contributed by atoms with Gasteiger partial charge in [0.05, 0.1) is 16.6 Å². The Kier molecular flexibility index (Phi) is 6.25. The van der Waals surface area contributed by atoms with E-state index >= 15 is 0 Å². The van der Waals surface area contributed by atoms with E-state index in [-0.39, 0.29) is 28.5 Å². The number of nitrogens with zero attached hydrogens (tertiary/aromatic N) is 1. The van der Waals surface area contributed by atoms with Crippen LogP contribution in [-0.2, 0) is 16.0 Å². The number of aliphatic hydroxyl groups is 1. The highest BCUT2D eigenvalue weighted by atomic mass is 35.5. The van der Waals surface area contributed by atoms with Gasteiger partial charge in [-0.1, -0.05) is 54.1 Å². The number of anilines is 1. The topological polar surface area (TPSA) is 77.8 Å². The van der Waals surface area contributed by atoms with Gasteiger partial charge in [0.1, 0.15) is 5.75 Å². The normalized spacial score (nSPS) is 15.9. The number of phenols is 1. The summed E-state index contributed by atoms with van der Waals surface area (Å²) in [5, 5.41) is 20.8. The number of hydrogen-bond acceptors (Lipinski definition) is 4. The van der Waals surface area contributed by atoms with Crippen LogP contribution in [0.1, 0.15) is 34.7 Å². The summed E-state index contributed by atoms with van der Waals surface area (Å²) in [6, 6.07) is 18.9. The summed E-state index contributed by atoms with van der Waals surface area (Å²) in [4.78, 5) is 28.0. The van der Waals surface area contributed by atoms with Gasteiger partial charge in [0.15, 0.2) is 11.5 Å². The third-order valence-electron chi connectivity index (χ3n) is 5.76. The molecule has 0 spiro atoms. The van der Waals surface area contributed by atoms with Gasteiger partial charge in [-0.25, -0.2) is 0 Å². The van der Waals surface area contributed by atoms with Crippen molar-refractivity contribution in [2.45, 2.75) is 32.7 Å². The molecular weight excluding hydrogens is 438 g/mol. The highest BCUT2D eigenvalue weighted by Crippen LogP contribution is 2.43. The molecule has 0 aromatic heterocycles. The standard InChI is InChI=1S/C27H24ClNO4/c1-16-12-17(2)14-20(13-16)29-25(19-9-11-22(30)21(28)15-19)24(26(32)27(29)33)23(31)10-8-18-6-4-3-5-7-18/h3-7,9,11-15,25,30,32H,8,10H2,1-2H3. The quantitative estimate of drug-likeness (QED) is 0.489. The van der Waals surface area contributed by atoms with Crippen molar-refractivity contribution < 1.29 is 19.8 Å². The van der Waals surface area contributed by atoms with Gasteiger partial charge in [-0.3, -0.25) is 14.5 Å². The molecule has 0 saturated carbocycles. The maximum absolute atomic E-state index is 13.3. The van der Waals surface area contributed by atoms with Gasteiger partial charge in [0.25, 0.3) is 5.91 Å². The third-order valence-corrected chi connectivity index (χ3v) is 6.07. The molecule has 1 heterocycles. The van der Waals surface area contributed by atoms with Crippen molar-refractivity contribution in [2.24, 2.45) is 0 Å². The molecule has 1 atom stereocenters. The van der Waals surface area contributed by atoms with Crippen LogP contribution in [-0.4, -0.2) is 21.9 Å². The van der Waals surface area contributed by atoms with Crippen molar-refractivity contribution in [3.8, 4) is 5.75 Å². The van der Waals surface area contributed by atoms with E-state index in [1.54, 1.807) is 6.07 Å². The van der Waals surface area contributed by atoms with E-state index in [0.717, 1.165) is 16.7 Å². The molecule has 0 fully saturated rings. The van der Waals surface area contributed by atoms with E-state index in [9.17, 15) is 19.8 Å².